The van der Waals surface area contributed by atoms with Gasteiger partial charge in [-0.1, -0.05) is 80.4 Å². The monoisotopic (exact) mass is 503 g/mol. The van der Waals surface area contributed by atoms with Crippen molar-refractivity contribution in [3.8, 4) is 5.75 Å². The Morgan fingerprint density at radius 3 is 2.24 bits per heavy atom. The van der Waals surface area contributed by atoms with Crippen LogP contribution in [0.2, 0.25) is 0 Å². The number of hydrogen-bond donors (Lipinski definition) is 3. The summed E-state index contributed by atoms with van der Waals surface area (Å²) in [7, 11) is 0. The van der Waals surface area contributed by atoms with E-state index in [1.807, 2.05) is 30.3 Å². The molecule has 0 aliphatic rings. The number of aryl methyl sites for hydroxylation is 4. The zero-order valence-electron chi connectivity index (χ0n) is 22.8. The van der Waals surface area contributed by atoms with Crippen LogP contribution in [0.25, 0.3) is 0 Å². The minimum atomic E-state index is -0.972. The molecule has 0 aliphatic carbocycles. The van der Waals surface area contributed by atoms with Crippen molar-refractivity contribution in [1.29, 1.82) is 0 Å². The van der Waals surface area contributed by atoms with Gasteiger partial charge in [0.2, 0.25) is 0 Å². The maximum absolute atomic E-state index is 11.4. The standard InChI is InChI=1S/C32H41NO4/c1-6-24-9-7-8-10-26(24)20-37-28-13-11-25(12-14-31(34)35)29(19-28)32(36)33-30(15-21(2)3)27-17-22(4)16-23(5)18-27/h7-11,13,16-19,21,30,32-33,36H,6,12,14-15,20H2,1-5H3,(H,34,35). The number of nitrogens with one attached hydrogen (secondary N) is 1. The molecule has 0 aromatic heterocycles. The number of ether oxygens (including phenoxy) is 1. The fourth-order valence-corrected chi connectivity index (χ4v) is 4.85. The Kier molecular flexibility index (Phi) is 10.3. The van der Waals surface area contributed by atoms with Crippen LogP contribution >= 0.6 is 0 Å². The Morgan fingerprint density at radius 2 is 1.62 bits per heavy atom. The van der Waals surface area contributed by atoms with Crippen molar-refractivity contribution in [2.45, 2.75) is 79.2 Å². The highest BCUT2D eigenvalue weighted by atomic mass is 16.5. The highest BCUT2D eigenvalue weighted by Gasteiger charge is 2.21. The predicted molar refractivity (Wildman–Crippen MR) is 149 cm³/mol. The van der Waals surface area contributed by atoms with Gasteiger partial charge < -0.3 is 14.9 Å². The summed E-state index contributed by atoms with van der Waals surface area (Å²) in [6.45, 7) is 11.1. The highest BCUT2D eigenvalue weighted by Crippen LogP contribution is 2.30. The number of aliphatic hydroxyl groups excluding tert-OH is 1. The van der Waals surface area contributed by atoms with E-state index in [-0.39, 0.29) is 12.5 Å². The number of aliphatic hydroxyl groups is 1. The first kappa shape index (κ1) is 28.4. The molecule has 0 heterocycles. The molecule has 0 radical (unpaired) electrons. The van der Waals surface area contributed by atoms with E-state index in [4.69, 9.17) is 4.74 Å². The van der Waals surface area contributed by atoms with Gasteiger partial charge in [0, 0.05) is 18.0 Å². The van der Waals surface area contributed by atoms with Crippen molar-refractivity contribution in [2.75, 3.05) is 0 Å². The Hall–Kier alpha value is -3.15. The van der Waals surface area contributed by atoms with E-state index in [0.717, 1.165) is 29.5 Å². The van der Waals surface area contributed by atoms with E-state index in [1.165, 1.54) is 16.7 Å². The maximum atomic E-state index is 11.4. The molecular formula is C32H41NO4. The van der Waals surface area contributed by atoms with E-state index in [1.54, 1.807) is 0 Å². The van der Waals surface area contributed by atoms with Crippen molar-refractivity contribution in [1.82, 2.24) is 5.32 Å². The van der Waals surface area contributed by atoms with Gasteiger partial charge in [0.25, 0.3) is 0 Å². The molecule has 0 saturated carbocycles. The summed E-state index contributed by atoms with van der Waals surface area (Å²) in [6, 6.07) is 20.2. The van der Waals surface area contributed by atoms with Crippen LogP contribution in [0.1, 0.15) is 84.8 Å². The number of rotatable bonds is 13. The van der Waals surface area contributed by atoms with Gasteiger partial charge in [0.05, 0.1) is 0 Å². The number of benzene rings is 3. The summed E-state index contributed by atoms with van der Waals surface area (Å²) in [4.78, 5) is 11.3. The quantitative estimate of drug-likeness (QED) is 0.223. The van der Waals surface area contributed by atoms with E-state index >= 15 is 0 Å². The topological polar surface area (TPSA) is 78.8 Å². The molecule has 0 saturated heterocycles. The first-order chi connectivity index (χ1) is 17.7. The molecule has 0 aliphatic heterocycles. The van der Waals surface area contributed by atoms with Crippen molar-refractivity contribution < 1.29 is 19.7 Å². The highest BCUT2D eigenvalue weighted by molar-refractivity contribution is 5.67. The summed E-state index contributed by atoms with van der Waals surface area (Å²) < 4.78 is 6.14. The van der Waals surface area contributed by atoms with Crippen LogP contribution in [0.3, 0.4) is 0 Å². The Balaban J connectivity index is 1.89. The molecule has 3 aromatic carbocycles. The second-order valence-corrected chi connectivity index (χ2v) is 10.3. The average Bonchev–Trinajstić information content (AvgIpc) is 2.85. The third-order valence-electron chi connectivity index (χ3n) is 6.63. The predicted octanol–water partition coefficient (Wildman–Crippen LogP) is 6.83. The molecule has 37 heavy (non-hydrogen) atoms. The van der Waals surface area contributed by atoms with Crippen LogP contribution < -0.4 is 10.1 Å². The van der Waals surface area contributed by atoms with Crippen molar-refractivity contribution in [3.63, 3.8) is 0 Å². The lowest BCUT2D eigenvalue weighted by molar-refractivity contribution is -0.136. The number of carboxylic acid groups (broad SMARTS) is 1. The summed E-state index contributed by atoms with van der Waals surface area (Å²) >= 11 is 0. The Morgan fingerprint density at radius 1 is 0.946 bits per heavy atom. The lowest BCUT2D eigenvalue weighted by Crippen LogP contribution is -2.28. The summed E-state index contributed by atoms with van der Waals surface area (Å²) in [5, 5.41) is 24.1. The van der Waals surface area contributed by atoms with Crippen LogP contribution in [-0.2, 0) is 24.2 Å². The first-order valence-electron chi connectivity index (χ1n) is 13.2. The zero-order valence-corrected chi connectivity index (χ0v) is 22.8. The number of carbonyl (C=O) groups is 1. The molecule has 0 amide bonds. The van der Waals surface area contributed by atoms with Gasteiger partial charge in [-0.05, 0) is 73.4 Å². The largest absolute Gasteiger partial charge is 0.489 e. The van der Waals surface area contributed by atoms with Gasteiger partial charge in [0.15, 0.2) is 0 Å². The first-order valence-corrected chi connectivity index (χ1v) is 13.2. The SMILES string of the molecule is CCc1ccccc1COc1ccc(CCC(=O)O)c(C(O)NC(CC(C)C)c2cc(C)cc(C)c2)c1. The molecular weight excluding hydrogens is 462 g/mol. The molecule has 5 heteroatoms. The fourth-order valence-electron chi connectivity index (χ4n) is 4.85. The van der Waals surface area contributed by atoms with Gasteiger partial charge >= 0.3 is 5.97 Å². The lowest BCUT2D eigenvalue weighted by Gasteiger charge is -2.27. The second kappa shape index (κ2) is 13.4. The molecule has 5 nitrogen and oxygen atoms in total. The third kappa shape index (κ3) is 8.44. The van der Waals surface area contributed by atoms with Crippen molar-refractivity contribution in [2.24, 2.45) is 5.92 Å². The van der Waals surface area contributed by atoms with Crippen molar-refractivity contribution in [3.05, 3.63) is 99.6 Å². The minimum Gasteiger partial charge on any atom is -0.489 e. The molecule has 198 valence electrons. The molecule has 2 atom stereocenters. The molecule has 3 N–H and O–H groups in total. The third-order valence-corrected chi connectivity index (χ3v) is 6.63. The second-order valence-electron chi connectivity index (χ2n) is 10.3. The lowest BCUT2D eigenvalue weighted by atomic mass is 9.93. The van der Waals surface area contributed by atoms with Gasteiger partial charge in [-0.3, -0.25) is 10.1 Å². The van der Waals surface area contributed by atoms with Crippen LogP contribution in [0.4, 0.5) is 0 Å². The van der Waals surface area contributed by atoms with Gasteiger partial charge in [-0.25, -0.2) is 0 Å². The number of aliphatic carboxylic acids is 1. The van der Waals surface area contributed by atoms with Gasteiger partial charge in [-0.2, -0.15) is 0 Å². The molecule has 0 fully saturated rings. The Labute approximate surface area is 221 Å². The van der Waals surface area contributed by atoms with E-state index in [2.05, 4.69) is 70.3 Å². The number of hydrogen-bond acceptors (Lipinski definition) is 4. The van der Waals surface area contributed by atoms with Crippen LogP contribution in [0.15, 0.2) is 60.7 Å². The summed E-state index contributed by atoms with van der Waals surface area (Å²) in [6.07, 6.45) is 1.14. The minimum absolute atomic E-state index is 0.00367. The maximum Gasteiger partial charge on any atom is 0.303 e. The van der Waals surface area contributed by atoms with Crippen LogP contribution in [-0.4, -0.2) is 16.2 Å². The van der Waals surface area contributed by atoms with E-state index in [9.17, 15) is 15.0 Å². The van der Waals surface area contributed by atoms with Crippen LogP contribution in [0.5, 0.6) is 5.75 Å². The molecule has 0 spiro atoms. The summed E-state index contributed by atoms with van der Waals surface area (Å²) in [5.74, 6) is 0.204. The van der Waals surface area contributed by atoms with Crippen molar-refractivity contribution >= 4 is 5.97 Å². The van der Waals surface area contributed by atoms with Crippen LogP contribution in [0, 0.1) is 19.8 Å². The summed E-state index contributed by atoms with van der Waals surface area (Å²) in [5.41, 5.74) is 7.34. The smallest absolute Gasteiger partial charge is 0.303 e. The zero-order chi connectivity index (χ0) is 26.9. The van der Waals surface area contributed by atoms with E-state index < -0.39 is 12.2 Å². The molecule has 3 aromatic rings. The molecule has 0 bridgehead atoms. The average molecular weight is 504 g/mol. The van der Waals surface area contributed by atoms with Gasteiger partial charge in [-0.15, -0.1) is 0 Å². The normalized spacial score (nSPS) is 12.9. The van der Waals surface area contributed by atoms with E-state index in [0.29, 0.717) is 30.3 Å². The molecule has 3 rings (SSSR count). The van der Waals surface area contributed by atoms with Gasteiger partial charge in [0.1, 0.15) is 18.6 Å². The molecule has 2 unspecified atom stereocenters. The Bertz CT molecular complexity index is 1170. The fraction of sp³-hybridized carbons (Fsp3) is 0.406. The number of carboxylic acids is 1.